The first-order valence-corrected chi connectivity index (χ1v) is 12.3. The molecule has 7 heteroatoms. The van der Waals surface area contributed by atoms with E-state index in [0.29, 0.717) is 11.5 Å². The van der Waals surface area contributed by atoms with Crippen LogP contribution in [0.3, 0.4) is 0 Å². The molecule has 1 aliphatic rings. The molecule has 0 heterocycles. The molecular formula is C26H33BrN2O4. The van der Waals surface area contributed by atoms with Crippen LogP contribution in [-0.4, -0.2) is 42.5 Å². The minimum atomic E-state index is -0.626. The molecule has 1 aliphatic carbocycles. The highest BCUT2D eigenvalue weighted by Crippen LogP contribution is 2.26. The molecule has 0 aromatic heterocycles. The number of aryl methyl sites for hydroxylation is 1. The lowest BCUT2D eigenvalue weighted by Crippen LogP contribution is -2.50. The van der Waals surface area contributed by atoms with Crippen LogP contribution in [0.2, 0.25) is 0 Å². The van der Waals surface area contributed by atoms with Gasteiger partial charge in [0, 0.05) is 12.6 Å². The topological polar surface area (TPSA) is 67.9 Å². The smallest absolute Gasteiger partial charge is 0.261 e. The molecule has 0 radical (unpaired) electrons. The Hall–Kier alpha value is -2.54. The van der Waals surface area contributed by atoms with Crippen LogP contribution in [0, 0.1) is 0 Å². The van der Waals surface area contributed by atoms with E-state index in [2.05, 4.69) is 28.2 Å². The number of rotatable bonds is 10. The van der Waals surface area contributed by atoms with Crippen LogP contribution in [0.5, 0.6) is 11.5 Å². The van der Waals surface area contributed by atoms with Crippen molar-refractivity contribution in [2.24, 2.45) is 0 Å². The van der Waals surface area contributed by atoms with E-state index in [-0.39, 0.29) is 31.0 Å². The summed E-state index contributed by atoms with van der Waals surface area (Å²) in [7, 11) is 1.61. The van der Waals surface area contributed by atoms with E-state index in [9.17, 15) is 9.59 Å². The Morgan fingerprint density at radius 2 is 1.91 bits per heavy atom. The molecule has 33 heavy (non-hydrogen) atoms. The van der Waals surface area contributed by atoms with Gasteiger partial charge in [-0.2, -0.15) is 0 Å². The second-order valence-corrected chi connectivity index (χ2v) is 9.30. The van der Waals surface area contributed by atoms with Gasteiger partial charge in [0.15, 0.2) is 6.61 Å². The Bertz CT molecular complexity index is 959. The quantitative estimate of drug-likeness (QED) is 0.488. The molecule has 3 rings (SSSR count). The summed E-state index contributed by atoms with van der Waals surface area (Å²) in [6.07, 6.45) is 5.16. The molecule has 178 valence electrons. The van der Waals surface area contributed by atoms with Gasteiger partial charge in [-0.3, -0.25) is 9.59 Å². The van der Waals surface area contributed by atoms with Crippen molar-refractivity contribution in [1.29, 1.82) is 0 Å². The second kappa shape index (κ2) is 12.1. The van der Waals surface area contributed by atoms with Crippen LogP contribution in [0.25, 0.3) is 0 Å². The van der Waals surface area contributed by atoms with Gasteiger partial charge < -0.3 is 19.7 Å². The van der Waals surface area contributed by atoms with Crippen LogP contribution < -0.4 is 14.8 Å². The Morgan fingerprint density at radius 3 is 2.58 bits per heavy atom. The number of nitrogens with one attached hydrogen (secondary N) is 1. The zero-order valence-electron chi connectivity index (χ0n) is 19.6. The number of nitrogens with zero attached hydrogens (tertiary/aromatic N) is 1. The molecule has 2 aromatic carbocycles. The third-order valence-electron chi connectivity index (χ3n) is 6.11. The Labute approximate surface area is 204 Å². The lowest BCUT2D eigenvalue weighted by Gasteiger charge is -2.30. The average Bonchev–Trinajstić information content (AvgIpc) is 3.34. The van der Waals surface area contributed by atoms with Gasteiger partial charge in [-0.25, -0.2) is 0 Å². The Balaban J connectivity index is 1.74. The van der Waals surface area contributed by atoms with Crippen molar-refractivity contribution in [1.82, 2.24) is 10.2 Å². The first-order valence-electron chi connectivity index (χ1n) is 11.5. The molecule has 6 nitrogen and oxygen atoms in total. The lowest BCUT2D eigenvalue weighted by molar-refractivity contribution is -0.142. The zero-order valence-corrected chi connectivity index (χ0v) is 21.2. The van der Waals surface area contributed by atoms with Crippen molar-refractivity contribution in [3.63, 3.8) is 0 Å². The molecule has 2 amide bonds. The van der Waals surface area contributed by atoms with E-state index in [1.807, 2.05) is 42.5 Å². The molecular weight excluding hydrogens is 484 g/mol. The monoisotopic (exact) mass is 516 g/mol. The fourth-order valence-electron chi connectivity index (χ4n) is 4.05. The summed E-state index contributed by atoms with van der Waals surface area (Å²) < 4.78 is 12.0. The maximum atomic E-state index is 13.3. The minimum Gasteiger partial charge on any atom is -0.497 e. The van der Waals surface area contributed by atoms with Gasteiger partial charge in [0.05, 0.1) is 11.6 Å². The number of carbonyl (C=O) groups is 2. The number of hydrogen-bond acceptors (Lipinski definition) is 4. The van der Waals surface area contributed by atoms with Gasteiger partial charge in [0.1, 0.15) is 17.5 Å². The Morgan fingerprint density at radius 1 is 1.15 bits per heavy atom. The number of amides is 2. The van der Waals surface area contributed by atoms with Crippen LogP contribution >= 0.6 is 15.9 Å². The molecule has 0 aliphatic heterocycles. The summed E-state index contributed by atoms with van der Waals surface area (Å²) >= 11 is 3.52. The van der Waals surface area contributed by atoms with Crippen molar-refractivity contribution in [3.05, 3.63) is 58.1 Å². The molecule has 1 N–H and O–H groups in total. The fraction of sp³-hybridized carbons (Fsp3) is 0.462. The van der Waals surface area contributed by atoms with E-state index in [1.165, 1.54) is 5.56 Å². The van der Waals surface area contributed by atoms with Gasteiger partial charge in [-0.05, 0) is 77.5 Å². The summed E-state index contributed by atoms with van der Waals surface area (Å²) in [5.74, 6) is 0.925. The summed E-state index contributed by atoms with van der Waals surface area (Å²) in [5.41, 5.74) is 2.06. The van der Waals surface area contributed by atoms with E-state index in [0.717, 1.165) is 42.1 Å². The molecule has 0 bridgehead atoms. The van der Waals surface area contributed by atoms with Crippen molar-refractivity contribution < 1.29 is 19.1 Å². The van der Waals surface area contributed by atoms with E-state index < -0.39 is 6.04 Å². The summed E-state index contributed by atoms with van der Waals surface area (Å²) in [6.45, 7) is 3.98. The maximum Gasteiger partial charge on any atom is 0.261 e. The van der Waals surface area contributed by atoms with Crippen LogP contribution in [0.1, 0.15) is 50.7 Å². The third-order valence-corrected chi connectivity index (χ3v) is 6.73. The van der Waals surface area contributed by atoms with Crippen molar-refractivity contribution >= 4 is 27.7 Å². The lowest BCUT2D eigenvalue weighted by atomic mass is 10.1. The minimum absolute atomic E-state index is 0.133. The van der Waals surface area contributed by atoms with E-state index >= 15 is 0 Å². The van der Waals surface area contributed by atoms with Crippen molar-refractivity contribution in [2.75, 3.05) is 13.7 Å². The Kier molecular flexibility index (Phi) is 9.18. The first-order chi connectivity index (χ1) is 15.9. The number of ether oxygens (including phenoxy) is 2. The number of carbonyl (C=O) groups excluding carboxylic acids is 2. The normalized spacial score (nSPS) is 14.5. The van der Waals surface area contributed by atoms with Crippen LogP contribution in [-0.2, 0) is 22.6 Å². The largest absolute Gasteiger partial charge is 0.497 e. The molecule has 0 unspecified atom stereocenters. The molecule has 1 fully saturated rings. The van der Waals surface area contributed by atoms with Gasteiger partial charge in [-0.1, -0.05) is 38.0 Å². The van der Waals surface area contributed by atoms with Gasteiger partial charge in [0.2, 0.25) is 5.91 Å². The number of methoxy groups -OCH3 is 1. The average molecular weight is 517 g/mol. The zero-order chi connectivity index (χ0) is 23.8. The number of hydrogen-bond donors (Lipinski definition) is 1. The summed E-state index contributed by atoms with van der Waals surface area (Å²) in [4.78, 5) is 27.8. The number of benzene rings is 2. The predicted octanol–water partition coefficient (Wildman–Crippen LogP) is 4.88. The van der Waals surface area contributed by atoms with Gasteiger partial charge in [0.25, 0.3) is 5.91 Å². The molecule has 1 saturated carbocycles. The number of halogens is 1. The molecule has 1 atom stereocenters. The van der Waals surface area contributed by atoms with E-state index in [1.54, 1.807) is 18.9 Å². The molecule has 2 aromatic rings. The summed E-state index contributed by atoms with van der Waals surface area (Å²) in [5, 5.41) is 3.11. The SMILES string of the molecule is CCc1ccc(OCC(=O)N(Cc2cccc(OC)c2)[C@H](C)C(=O)NC2CCCC2)c(Br)c1. The van der Waals surface area contributed by atoms with Gasteiger partial charge >= 0.3 is 0 Å². The van der Waals surface area contributed by atoms with Crippen molar-refractivity contribution in [3.8, 4) is 11.5 Å². The fourth-order valence-corrected chi connectivity index (χ4v) is 4.59. The predicted molar refractivity (Wildman–Crippen MR) is 132 cm³/mol. The standard InChI is InChI=1S/C26H33BrN2O4/c1-4-19-12-13-24(23(27)15-19)33-17-25(30)29(16-20-8-7-11-22(14-20)32-3)18(2)26(31)28-21-9-5-6-10-21/h7-8,11-15,18,21H,4-6,9-10,16-17H2,1-3H3,(H,28,31)/t18-/m1/s1. The highest BCUT2D eigenvalue weighted by molar-refractivity contribution is 9.10. The van der Waals surface area contributed by atoms with Gasteiger partial charge in [-0.15, -0.1) is 0 Å². The van der Waals surface area contributed by atoms with Crippen LogP contribution in [0.15, 0.2) is 46.9 Å². The first kappa shape index (κ1) is 25.1. The van der Waals surface area contributed by atoms with Crippen molar-refractivity contribution in [2.45, 2.75) is 64.6 Å². The van der Waals surface area contributed by atoms with E-state index in [4.69, 9.17) is 9.47 Å². The highest BCUT2D eigenvalue weighted by atomic mass is 79.9. The third kappa shape index (κ3) is 6.97. The van der Waals surface area contributed by atoms with Crippen LogP contribution in [0.4, 0.5) is 0 Å². The second-order valence-electron chi connectivity index (χ2n) is 8.45. The maximum absolute atomic E-state index is 13.3. The highest BCUT2D eigenvalue weighted by Gasteiger charge is 2.29. The molecule has 0 saturated heterocycles. The summed E-state index contributed by atoms with van der Waals surface area (Å²) in [6, 6.07) is 12.9. The molecule has 0 spiro atoms.